The third-order valence-electron chi connectivity index (χ3n) is 9.86. The van der Waals surface area contributed by atoms with E-state index in [1.54, 1.807) is 41.8 Å². The molecular formula is C38H50N14O6S2. The Hall–Kier alpha value is -6.42. The highest BCUT2D eigenvalue weighted by Gasteiger charge is 2.28. The van der Waals surface area contributed by atoms with Gasteiger partial charge in [0.25, 0.3) is 0 Å². The zero-order chi connectivity index (χ0) is 44.4. The first-order chi connectivity index (χ1) is 28.2. The van der Waals surface area contributed by atoms with Gasteiger partial charge in [0.2, 0.25) is 10.3 Å². The van der Waals surface area contributed by atoms with E-state index in [-0.39, 0.29) is 68.9 Å². The zero-order valence-electron chi connectivity index (χ0n) is 34.8. The number of hydrogen-bond acceptors (Lipinski definition) is 14. The van der Waals surface area contributed by atoms with Crippen LogP contribution in [0.4, 0.5) is 21.2 Å². The highest BCUT2D eigenvalue weighted by Crippen LogP contribution is 2.23. The maximum absolute atomic E-state index is 13.2. The van der Waals surface area contributed by atoms with Crippen molar-refractivity contribution in [1.82, 2.24) is 48.0 Å². The molecule has 20 nitrogen and oxygen atoms in total. The van der Waals surface area contributed by atoms with Crippen LogP contribution in [0.15, 0.2) is 68.4 Å². The van der Waals surface area contributed by atoms with Crippen LogP contribution in [0.25, 0.3) is 22.3 Å². The second kappa shape index (κ2) is 17.4. The summed E-state index contributed by atoms with van der Waals surface area (Å²) < 4.78 is 45.6. The molecule has 2 aromatic carbocycles. The number of imidazole rings is 2. The second-order valence-corrected chi connectivity index (χ2v) is 18.6. The van der Waals surface area contributed by atoms with Crippen molar-refractivity contribution in [1.29, 1.82) is 9.56 Å². The number of nitrogens with one attached hydrogen (secondary N) is 2. The van der Waals surface area contributed by atoms with Crippen LogP contribution in [-0.4, -0.2) is 107 Å². The van der Waals surface area contributed by atoms with Crippen molar-refractivity contribution in [3.63, 3.8) is 0 Å². The number of fused-ring (bicyclic) bond motifs is 2. The molecule has 6 rings (SSSR count). The van der Waals surface area contributed by atoms with E-state index in [2.05, 4.69) is 19.9 Å². The van der Waals surface area contributed by atoms with Crippen molar-refractivity contribution >= 4 is 65.5 Å². The summed E-state index contributed by atoms with van der Waals surface area (Å²) in [6.07, 6.45) is 0. The molecule has 0 unspecified atom stereocenters. The molecule has 22 heteroatoms. The molecule has 6 N–H and O–H groups in total. The SMILES string of the molecule is CCN(C)C(=O)n1c(=O)n(Cc2ccc(C)cc2)c2nc([S@@](=N)(=O)CC)nc(N)c21.CCN(C)C(=O)n1c(=O)n(Cc2ccc(C)cc2)c2nc([S@](=N)(=O)CC)nc(N)c21. The highest BCUT2D eigenvalue weighted by atomic mass is 32.2. The van der Waals surface area contributed by atoms with Gasteiger partial charge in [0.15, 0.2) is 22.9 Å². The largest absolute Gasteiger partial charge is 0.382 e. The molecule has 0 aliphatic rings. The van der Waals surface area contributed by atoms with Gasteiger partial charge in [-0.15, -0.1) is 0 Å². The fraction of sp³-hybridized carbons (Fsp3) is 0.368. The first kappa shape index (κ1) is 44.7. The van der Waals surface area contributed by atoms with E-state index in [1.165, 1.54) is 18.9 Å². The summed E-state index contributed by atoms with van der Waals surface area (Å²) in [5, 5.41) is -0.498. The molecule has 4 heterocycles. The van der Waals surface area contributed by atoms with Gasteiger partial charge >= 0.3 is 23.4 Å². The van der Waals surface area contributed by atoms with Crippen molar-refractivity contribution in [3.05, 3.63) is 91.8 Å². The van der Waals surface area contributed by atoms with Crippen LogP contribution in [0, 0.1) is 23.4 Å². The van der Waals surface area contributed by atoms with Crippen LogP contribution in [-0.2, 0) is 32.5 Å². The number of nitrogen functional groups attached to an aromatic ring is 2. The fourth-order valence-corrected chi connectivity index (χ4v) is 7.33. The van der Waals surface area contributed by atoms with Gasteiger partial charge in [-0.05, 0) is 38.8 Å². The molecule has 60 heavy (non-hydrogen) atoms. The number of nitrogens with zero attached hydrogens (tertiary/aromatic N) is 10. The summed E-state index contributed by atoms with van der Waals surface area (Å²) in [6.45, 7) is 11.7. The Morgan fingerprint density at radius 3 is 1.22 bits per heavy atom. The van der Waals surface area contributed by atoms with E-state index >= 15 is 0 Å². The average Bonchev–Trinajstić information content (AvgIpc) is 3.67. The van der Waals surface area contributed by atoms with Crippen molar-refractivity contribution in [2.24, 2.45) is 0 Å². The molecule has 0 saturated carbocycles. The van der Waals surface area contributed by atoms with Gasteiger partial charge in [0.1, 0.15) is 30.5 Å². The lowest BCUT2D eigenvalue weighted by Gasteiger charge is -2.14. The fourth-order valence-electron chi connectivity index (χ4n) is 5.85. The van der Waals surface area contributed by atoms with Crippen molar-refractivity contribution in [2.45, 2.75) is 64.9 Å². The summed E-state index contributed by atoms with van der Waals surface area (Å²) in [7, 11) is -3.42. The number of amides is 2. The molecule has 0 fully saturated rings. The first-order valence-electron chi connectivity index (χ1n) is 18.9. The normalized spacial score (nSPS) is 13.3. The molecule has 2 atom stereocenters. The summed E-state index contributed by atoms with van der Waals surface area (Å²) in [6, 6.07) is 14.0. The monoisotopic (exact) mass is 862 g/mol. The Balaban J connectivity index is 0.000000228. The maximum Gasteiger partial charge on any atom is 0.339 e. The summed E-state index contributed by atoms with van der Waals surface area (Å²) in [5.41, 5.74) is 14.9. The molecule has 2 amide bonds. The standard InChI is InChI=1S/2C19H25N7O3S/c2*1-5-24(4)18(27)26-14-15(20)22-17(30(21,29)6-2)23-16(14)25(19(26)28)11-13-9-7-12(3)8-10-13/h2*7-10,21H,5-6,11H2,1-4H3,(H2,20,22,23)/t2*30-/m10/s1. The molecule has 0 bridgehead atoms. The van der Waals surface area contributed by atoms with Gasteiger partial charge < -0.3 is 21.3 Å². The smallest absolute Gasteiger partial charge is 0.339 e. The molecule has 0 aliphatic carbocycles. The number of aromatic nitrogens is 8. The van der Waals surface area contributed by atoms with E-state index in [4.69, 9.17) is 21.0 Å². The Bertz CT molecular complexity index is 2750. The Labute approximate surface area is 346 Å². The van der Waals surface area contributed by atoms with E-state index < -0.39 is 42.9 Å². The molecular weight excluding hydrogens is 813 g/mol. The average molecular weight is 863 g/mol. The van der Waals surface area contributed by atoms with E-state index in [9.17, 15) is 27.6 Å². The van der Waals surface area contributed by atoms with Gasteiger partial charge in [0.05, 0.1) is 13.1 Å². The van der Waals surface area contributed by atoms with Gasteiger partial charge in [-0.2, -0.15) is 9.97 Å². The van der Waals surface area contributed by atoms with Crippen LogP contribution in [0.3, 0.4) is 0 Å². The lowest BCUT2D eigenvalue weighted by atomic mass is 10.1. The number of anilines is 2. The Kier molecular flexibility index (Phi) is 13.0. The minimum Gasteiger partial charge on any atom is -0.382 e. The minimum absolute atomic E-state index is 0.00163. The van der Waals surface area contributed by atoms with E-state index in [0.717, 1.165) is 31.4 Å². The highest BCUT2D eigenvalue weighted by molar-refractivity contribution is 7.92. The lowest BCUT2D eigenvalue weighted by molar-refractivity contribution is 0.212. The van der Waals surface area contributed by atoms with Crippen molar-refractivity contribution in [2.75, 3.05) is 50.2 Å². The predicted molar refractivity (Wildman–Crippen MR) is 230 cm³/mol. The molecule has 0 aliphatic heterocycles. The molecule has 0 spiro atoms. The number of carbonyl (C=O) groups excluding carboxylic acids is 2. The van der Waals surface area contributed by atoms with Gasteiger partial charge in [-0.25, -0.2) is 56.3 Å². The van der Waals surface area contributed by atoms with Crippen LogP contribution < -0.4 is 22.8 Å². The number of rotatable bonds is 10. The molecule has 4 aromatic heterocycles. The predicted octanol–water partition coefficient (Wildman–Crippen LogP) is 3.75. The second-order valence-electron chi connectivity index (χ2n) is 14.0. The Morgan fingerprint density at radius 2 is 0.933 bits per heavy atom. The zero-order valence-corrected chi connectivity index (χ0v) is 36.4. The van der Waals surface area contributed by atoms with Gasteiger partial charge in [-0.1, -0.05) is 73.5 Å². The van der Waals surface area contributed by atoms with Crippen LogP contribution in [0.2, 0.25) is 0 Å². The minimum atomic E-state index is -3.27. The number of carbonyl (C=O) groups is 2. The summed E-state index contributed by atoms with van der Waals surface area (Å²) >= 11 is 0. The van der Waals surface area contributed by atoms with Crippen molar-refractivity contribution < 1.29 is 18.0 Å². The molecule has 0 saturated heterocycles. The topological polar surface area (TPSA) is 280 Å². The summed E-state index contributed by atoms with van der Waals surface area (Å²) in [4.78, 5) is 71.5. The summed E-state index contributed by atoms with van der Waals surface area (Å²) in [5.74, 6) is -0.335. The van der Waals surface area contributed by atoms with Crippen LogP contribution >= 0.6 is 0 Å². The Morgan fingerprint density at radius 1 is 0.617 bits per heavy atom. The third kappa shape index (κ3) is 8.64. The maximum atomic E-state index is 13.2. The van der Waals surface area contributed by atoms with Gasteiger partial charge in [0, 0.05) is 38.7 Å². The van der Waals surface area contributed by atoms with Crippen LogP contribution in [0.5, 0.6) is 0 Å². The molecule has 0 radical (unpaired) electrons. The number of benzene rings is 2. The number of hydrogen-bond donors (Lipinski definition) is 4. The third-order valence-corrected chi connectivity index (χ3v) is 13.0. The quantitative estimate of drug-likeness (QED) is 0.143. The lowest BCUT2D eigenvalue weighted by Crippen LogP contribution is -2.38. The number of aryl methyl sites for hydroxylation is 2. The first-order valence-corrected chi connectivity index (χ1v) is 22.4. The van der Waals surface area contributed by atoms with Crippen LogP contribution in [0.1, 0.15) is 49.9 Å². The van der Waals surface area contributed by atoms with E-state index in [0.29, 0.717) is 13.1 Å². The van der Waals surface area contributed by atoms with Gasteiger partial charge in [-0.3, -0.25) is 9.13 Å². The molecule has 6 aromatic rings. The molecule has 320 valence electrons. The van der Waals surface area contributed by atoms with E-state index in [1.807, 2.05) is 62.4 Å². The van der Waals surface area contributed by atoms with Crippen molar-refractivity contribution in [3.8, 4) is 0 Å². The number of nitrogens with two attached hydrogens (primary N) is 2.